The molecule has 1 heterocycles. The molecule has 0 bridgehead atoms. The van der Waals surface area contributed by atoms with Gasteiger partial charge in [-0.1, -0.05) is 23.7 Å². The molecule has 0 saturated heterocycles. The van der Waals surface area contributed by atoms with E-state index >= 15 is 0 Å². The van der Waals surface area contributed by atoms with Crippen molar-refractivity contribution in [3.8, 4) is 0 Å². The molecule has 2 N–H and O–H groups in total. The van der Waals surface area contributed by atoms with Crippen LogP contribution < -0.4 is 5.73 Å². The Hall–Kier alpha value is -2.14. The fourth-order valence-corrected chi connectivity index (χ4v) is 2.23. The molecule has 2 rings (SSSR count). The fourth-order valence-electron chi connectivity index (χ4n) is 2.02. The monoisotopic (exact) mass is 305 g/mol. The minimum atomic E-state index is -0.498. The number of aryl methyl sites for hydroxylation is 1. The predicted molar refractivity (Wildman–Crippen MR) is 81.4 cm³/mol. The summed E-state index contributed by atoms with van der Waals surface area (Å²) in [5.74, 6) is 0.181. The number of hydrogen-bond donors (Lipinski definition) is 1. The summed E-state index contributed by atoms with van der Waals surface area (Å²) < 4.78 is 4.95. The van der Waals surface area contributed by atoms with Gasteiger partial charge < -0.3 is 10.5 Å². The summed E-state index contributed by atoms with van der Waals surface area (Å²) in [6, 6.07) is 7.44. The van der Waals surface area contributed by atoms with Gasteiger partial charge in [-0.05, 0) is 31.5 Å². The number of rotatable bonds is 4. The van der Waals surface area contributed by atoms with Crippen molar-refractivity contribution in [2.75, 3.05) is 12.3 Å². The molecule has 5 nitrogen and oxygen atoms in total. The van der Waals surface area contributed by atoms with Crippen LogP contribution in [0.2, 0.25) is 5.02 Å². The zero-order valence-electron chi connectivity index (χ0n) is 11.9. The Morgan fingerprint density at radius 2 is 2.14 bits per heavy atom. The third kappa shape index (κ3) is 3.70. The molecule has 1 aromatic carbocycles. The number of nitrogens with zero attached hydrogens (tertiary/aromatic N) is 2. The number of carbonyl (C=O) groups excluding carboxylic acids is 1. The van der Waals surface area contributed by atoms with Crippen molar-refractivity contribution in [2.24, 2.45) is 0 Å². The Bertz CT molecular complexity index is 651. The molecule has 21 heavy (non-hydrogen) atoms. The highest BCUT2D eigenvalue weighted by molar-refractivity contribution is 6.30. The van der Waals surface area contributed by atoms with Crippen LogP contribution in [0.1, 0.15) is 34.4 Å². The number of esters is 1. The smallest absolute Gasteiger partial charge is 0.343 e. The zero-order chi connectivity index (χ0) is 15.4. The number of nitrogens with two attached hydrogens (primary N) is 1. The molecule has 0 fully saturated rings. The topological polar surface area (TPSA) is 78.1 Å². The van der Waals surface area contributed by atoms with Gasteiger partial charge in [0.05, 0.1) is 12.3 Å². The predicted octanol–water partition coefficient (Wildman–Crippen LogP) is 2.79. The first kappa shape index (κ1) is 15.3. The molecule has 0 aliphatic heterocycles. The van der Waals surface area contributed by atoms with Crippen molar-refractivity contribution in [3.63, 3.8) is 0 Å². The largest absolute Gasteiger partial charge is 0.462 e. The van der Waals surface area contributed by atoms with Crippen LogP contribution >= 0.6 is 11.6 Å². The van der Waals surface area contributed by atoms with Crippen LogP contribution in [0.3, 0.4) is 0 Å². The first-order valence-electron chi connectivity index (χ1n) is 6.55. The van der Waals surface area contributed by atoms with Gasteiger partial charge in [-0.25, -0.2) is 14.8 Å². The SMILES string of the molecule is CCOC(=O)c1c(C)nc(Cc2cccc(Cl)c2)nc1N. The van der Waals surface area contributed by atoms with Gasteiger partial charge in [-0.3, -0.25) is 0 Å². The van der Waals surface area contributed by atoms with Gasteiger partial charge in [0.2, 0.25) is 0 Å². The van der Waals surface area contributed by atoms with E-state index in [1.807, 2.05) is 18.2 Å². The van der Waals surface area contributed by atoms with Gasteiger partial charge >= 0.3 is 5.97 Å². The lowest BCUT2D eigenvalue weighted by Gasteiger charge is -2.09. The maximum atomic E-state index is 11.8. The molecule has 0 atom stereocenters. The maximum absolute atomic E-state index is 11.8. The third-order valence-corrected chi connectivity index (χ3v) is 3.13. The van der Waals surface area contributed by atoms with E-state index in [9.17, 15) is 4.79 Å². The van der Waals surface area contributed by atoms with E-state index < -0.39 is 5.97 Å². The molecule has 0 spiro atoms. The van der Waals surface area contributed by atoms with Crippen LogP contribution in [0.4, 0.5) is 5.82 Å². The van der Waals surface area contributed by atoms with Crippen molar-refractivity contribution in [1.29, 1.82) is 0 Å². The molecule has 1 aromatic heterocycles. The minimum absolute atomic E-state index is 0.137. The molecule has 6 heteroatoms. The Balaban J connectivity index is 2.29. The van der Waals surface area contributed by atoms with E-state index in [2.05, 4.69) is 9.97 Å². The molecule has 0 aliphatic rings. The van der Waals surface area contributed by atoms with Crippen molar-refractivity contribution in [1.82, 2.24) is 9.97 Å². The average molecular weight is 306 g/mol. The lowest BCUT2D eigenvalue weighted by molar-refractivity contribution is 0.0526. The van der Waals surface area contributed by atoms with E-state index in [0.717, 1.165) is 5.56 Å². The second kappa shape index (κ2) is 6.54. The van der Waals surface area contributed by atoms with Crippen LogP contribution in [0.25, 0.3) is 0 Å². The highest BCUT2D eigenvalue weighted by Crippen LogP contribution is 2.18. The summed E-state index contributed by atoms with van der Waals surface area (Å²) in [6.07, 6.45) is 0.495. The van der Waals surface area contributed by atoms with E-state index in [1.54, 1.807) is 19.9 Å². The Labute approximate surface area is 128 Å². The summed E-state index contributed by atoms with van der Waals surface area (Å²) in [4.78, 5) is 20.3. The standard InChI is InChI=1S/C15H16ClN3O2/c1-3-21-15(20)13-9(2)18-12(19-14(13)17)8-10-5-4-6-11(16)7-10/h4-7H,3,8H2,1-2H3,(H2,17,18,19). The zero-order valence-corrected chi connectivity index (χ0v) is 12.6. The number of benzene rings is 1. The van der Waals surface area contributed by atoms with Gasteiger partial charge in [0.1, 0.15) is 17.2 Å². The number of carbonyl (C=O) groups is 1. The second-order valence-corrected chi connectivity index (χ2v) is 4.95. The van der Waals surface area contributed by atoms with E-state index in [4.69, 9.17) is 22.1 Å². The number of aromatic nitrogens is 2. The molecule has 0 saturated carbocycles. The molecule has 0 unspecified atom stereocenters. The maximum Gasteiger partial charge on any atom is 0.343 e. The number of hydrogen-bond acceptors (Lipinski definition) is 5. The van der Waals surface area contributed by atoms with Gasteiger partial charge in [0.25, 0.3) is 0 Å². The van der Waals surface area contributed by atoms with Crippen LogP contribution in [0.5, 0.6) is 0 Å². The summed E-state index contributed by atoms with van der Waals surface area (Å²) in [6.45, 7) is 3.73. The van der Waals surface area contributed by atoms with Gasteiger partial charge in [0, 0.05) is 11.4 Å². The highest BCUT2D eigenvalue weighted by atomic mass is 35.5. The summed E-state index contributed by atoms with van der Waals surface area (Å²) in [5.41, 5.74) is 7.58. The van der Waals surface area contributed by atoms with Crippen LogP contribution in [-0.2, 0) is 11.2 Å². The normalized spacial score (nSPS) is 10.4. The Morgan fingerprint density at radius 1 is 1.38 bits per heavy atom. The Kier molecular flexibility index (Phi) is 4.75. The van der Waals surface area contributed by atoms with Crippen LogP contribution in [0.15, 0.2) is 24.3 Å². The third-order valence-electron chi connectivity index (χ3n) is 2.90. The van der Waals surface area contributed by atoms with Crippen molar-refractivity contribution in [3.05, 3.63) is 51.9 Å². The summed E-state index contributed by atoms with van der Waals surface area (Å²) in [7, 11) is 0. The van der Waals surface area contributed by atoms with Crippen molar-refractivity contribution in [2.45, 2.75) is 20.3 Å². The number of anilines is 1. The molecule has 2 aromatic rings. The molecule has 0 amide bonds. The van der Waals surface area contributed by atoms with Crippen molar-refractivity contribution < 1.29 is 9.53 Å². The Morgan fingerprint density at radius 3 is 2.76 bits per heavy atom. The lowest BCUT2D eigenvalue weighted by Crippen LogP contribution is -2.14. The van der Waals surface area contributed by atoms with Crippen molar-refractivity contribution >= 4 is 23.4 Å². The molecule has 0 radical (unpaired) electrons. The number of halogens is 1. The van der Waals surface area contributed by atoms with Crippen LogP contribution in [-0.4, -0.2) is 22.5 Å². The first-order chi connectivity index (χ1) is 10.0. The van der Waals surface area contributed by atoms with E-state index in [-0.39, 0.29) is 18.0 Å². The van der Waals surface area contributed by atoms with Crippen LogP contribution in [0, 0.1) is 6.92 Å². The van der Waals surface area contributed by atoms with Gasteiger partial charge in [-0.2, -0.15) is 0 Å². The molecule has 0 aliphatic carbocycles. The lowest BCUT2D eigenvalue weighted by atomic mass is 10.1. The molecular weight excluding hydrogens is 290 g/mol. The average Bonchev–Trinajstić information content (AvgIpc) is 2.38. The van der Waals surface area contributed by atoms with E-state index in [1.165, 1.54) is 0 Å². The molecular formula is C15H16ClN3O2. The number of nitrogen functional groups attached to an aromatic ring is 1. The second-order valence-electron chi connectivity index (χ2n) is 4.51. The summed E-state index contributed by atoms with van der Waals surface area (Å²) in [5, 5.41) is 0.653. The van der Waals surface area contributed by atoms with Gasteiger partial charge in [-0.15, -0.1) is 0 Å². The first-order valence-corrected chi connectivity index (χ1v) is 6.93. The quantitative estimate of drug-likeness (QED) is 0.879. The number of ether oxygens (including phenoxy) is 1. The van der Waals surface area contributed by atoms with E-state index in [0.29, 0.717) is 23.0 Å². The summed E-state index contributed by atoms with van der Waals surface area (Å²) >= 11 is 5.95. The molecule has 110 valence electrons. The van der Waals surface area contributed by atoms with Gasteiger partial charge in [0.15, 0.2) is 0 Å². The highest BCUT2D eigenvalue weighted by Gasteiger charge is 2.18. The fraction of sp³-hybridized carbons (Fsp3) is 0.267. The minimum Gasteiger partial charge on any atom is -0.462 e.